The molecule has 0 aromatic carbocycles. The van der Waals surface area contributed by atoms with E-state index in [1.165, 1.54) is 0 Å². The molecule has 13 heavy (non-hydrogen) atoms. The first kappa shape index (κ1) is 10.1. The molecule has 0 saturated heterocycles. The van der Waals surface area contributed by atoms with Crippen molar-refractivity contribution in [3.8, 4) is 6.07 Å². The minimum atomic E-state index is 0.200. The summed E-state index contributed by atoms with van der Waals surface area (Å²) in [4.78, 5) is 4.05. The molecule has 70 valence electrons. The Morgan fingerprint density at radius 3 is 3.15 bits per heavy atom. The van der Waals surface area contributed by atoms with Crippen LogP contribution in [0.1, 0.15) is 25.1 Å². The average Bonchev–Trinajstić information content (AvgIpc) is 2.54. The van der Waals surface area contributed by atoms with E-state index in [4.69, 9.17) is 9.78 Å². The van der Waals surface area contributed by atoms with Gasteiger partial charge in [0.1, 0.15) is 6.42 Å². The molecule has 0 aliphatic rings. The molecule has 0 bridgehead atoms. The molecular weight excluding hydrogens is 186 g/mol. The molecule has 0 unspecified atom stereocenters. The lowest BCUT2D eigenvalue weighted by Crippen LogP contribution is -1.86. The third kappa shape index (κ3) is 3.47. The van der Waals surface area contributed by atoms with Gasteiger partial charge < -0.3 is 4.52 Å². The number of nitrogens with zero attached hydrogens (tertiary/aromatic N) is 3. The van der Waals surface area contributed by atoms with E-state index < -0.39 is 0 Å². The van der Waals surface area contributed by atoms with E-state index in [0.717, 1.165) is 17.9 Å². The fraction of sp³-hybridized carbons (Fsp3) is 0.625. The maximum absolute atomic E-state index is 8.36. The van der Waals surface area contributed by atoms with Gasteiger partial charge in [-0.15, -0.1) is 0 Å². The fourth-order valence-corrected chi connectivity index (χ4v) is 1.53. The van der Waals surface area contributed by atoms with Gasteiger partial charge >= 0.3 is 0 Å². The Morgan fingerprint density at radius 2 is 2.46 bits per heavy atom. The summed E-state index contributed by atoms with van der Waals surface area (Å²) in [5.74, 6) is 2.96. The Morgan fingerprint density at radius 1 is 1.62 bits per heavy atom. The Balaban J connectivity index is 2.36. The number of aromatic nitrogens is 2. The number of nitriles is 1. The second-order valence-corrected chi connectivity index (χ2v) is 3.60. The zero-order valence-corrected chi connectivity index (χ0v) is 8.30. The van der Waals surface area contributed by atoms with Crippen molar-refractivity contribution >= 4 is 11.8 Å². The summed E-state index contributed by atoms with van der Waals surface area (Å²) < 4.78 is 4.84. The van der Waals surface area contributed by atoms with E-state index in [1.807, 2.05) is 6.07 Å². The topological polar surface area (TPSA) is 62.7 Å². The van der Waals surface area contributed by atoms with E-state index in [2.05, 4.69) is 17.1 Å². The number of hydrogen-bond donors (Lipinski definition) is 0. The van der Waals surface area contributed by atoms with Gasteiger partial charge in [0.25, 0.3) is 0 Å². The van der Waals surface area contributed by atoms with Crippen LogP contribution in [0.15, 0.2) is 4.52 Å². The molecule has 5 heteroatoms. The standard InChI is InChI=1S/C8H11N3OS/c1-2-5-13-6-7-10-8(3-4-9)12-11-7/h2-3,5-6H2,1H3. The fourth-order valence-electron chi connectivity index (χ4n) is 0.796. The van der Waals surface area contributed by atoms with Crippen LogP contribution in [0.2, 0.25) is 0 Å². The smallest absolute Gasteiger partial charge is 0.240 e. The zero-order chi connectivity index (χ0) is 9.52. The van der Waals surface area contributed by atoms with Crippen molar-refractivity contribution in [3.05, 3.63) is 11.7 Å². The molecule has 0 radical (unpaired) electrons. The summed E-state index contributed by atoms with van der Waals surface area (Å²) in [6, 6.07) is 1.96. The molecule has 1 heterocycles. The molecule has 0 amide bonds. The van der Waals surface area contributed by atoms with Gasteiger partial charge in [0, 0.05) is 0 Å². The Kier molecular flexibility index (Phi) is 4.33. The molecule has 0 saturated carbocycles. The Bertz CT molecular complexity index is 292. The van der Waals surface area contributed by atoms with Gasteiger partial charge in [0.2, 0.25) is 5.89 Å². The number of thioether (sulfide) groups is 1. The van der Waals surface area contributed by atoms with Crippen LogP contribution in [0.25, 0.3) is 0 Å². The minimum Gasteiger partial charge on any atom is -0.338 e. The summed E-state index contributed by atoms with van der Waals surface area (Å²) >= 11 is 1.77. The zero-order valence-electron chi connectivity index (χ0n) is 7.49. The van der Waals surface area contributed by atoms with Crippen LogP contribution in [0.5, 0.6) is 0 Å². The third-order valence-electron chi connectivity index (χ3n) is 1.32. The van der Waals surface area contributed by atoms with Crippen molar-refractivity contribution in [2.75, 3.05) is 5.75 Å². The van der Waals surface area contributed by atoms with Crippen molar-refractivity contribution in [3.63, 3.8) is 0 Å². The van der Waals surface area contributed by atoms with Gasteiger partial charge in [0.15, 0.2) is 5.82 Å². The Labute approximate surface area is 81.3 Å². The molecule has 0 aliphatic heterocycles. The number of hydrogen-bond acceptors (Lipinski definition) is 5. The summed E-state index contributed by atoms with van der Waals surface area (Å²) in [6.07, 6.45) is 1.35. The average molecular weight is 197 g/mol. The maximum Gasteiger partial charge on any atom is 0.240 e. The summed E-state index contributed by atoms with van der Waals surface area (Å²) in [5.41, 5.74) is 0. The lowest BCUT2D eigenvalue weighted by molar-refractivity contribution is 0.383. The number of rotatable bonds is 5. The van der Waals surface area contributed by atoms with Crippen LogP contribution in [0.4, 0.5) is 0 Å². The highest BCUT2D eigenvalue weighted by Gasteiger charge is 2.04. The normalized spacial score (nSPS) is 9.85. The summed E-state index contributed by atoms with van der Waals surface area (Å²) in [7, 11) is 0. The van der Waals surface area contributed by atoms with Gasteiger partial charge in [-0.05, 0) is 12.2 Å². The van der Waals surface area contributed by atoms with Crippen LogP contribution in [0.3, 0.4) is 0 Å². The molecule has 1 rings (SSSR count). The van der Waals surface area contributed by atoms with Gasteiger partial charge in [-0.25, -0.2) is 0 Å². The minimum absolute atomic E-state index is 0.200. The predicted molar refractivity (Wildman–Crippen MR) is 50.1 cm³/mol. The van der Waals surface area contributed by atoms with Crippen LogP contribution >= 0.6 is 11.8 Å². The highest BCUT2D eigenvalue weighted by Crippen LogP contribution is 2.10. The monoisotopic (exact) mass is 197 g/mol. The lowest BCUT2D eigenvalue weighted by atomic mass is 10.5. The van der Waals surface area contributed by atoms with Crippen LogP contribution < -0.4 is 0 Å². The largest absolute Gasteiger partial charge is 0.338 e. The van der Waals surface area contributed by atoms with Crippen molar-refractivity contribution in [2.45, 2.75) is 25.5 Å². The van der Waals surface area contributed by atoms with Gasteiger partial charge in [-0.1, -0.05) is 12.1 Å². The van der Waals surface area contributed by atoms with E-state index >= 15 is 0 Å². The van der Waals surface area contributed by atoms with Crippen molar-refractivity contribution < 1.29 is 4.52 Å². The van der Waals surface area contributed by atoms with E-state index in [9.17, 15) is 0 Å². The van der Waals surface area contributed by atoms with Crippen LogP contribution in [-0.4, -0.2) is 15.9 Å². The van der Waals surface area contributed by atoms with Gasteiger partial charge in [-0.2, -0.15) is 22.0 Å². The molecule has 1 aromatic heterocycles. The highest BCUT2D eigenvalue weighted by atomic mass is 32.2. The second kappa shape index (κ2) is 5.60. The lowest BCUT2D eigenvalue weighted by Gasteiger charge is -1.91. The summed E-state index contributed by atoms with van der Waals surface area (Å²) in [6.45, 7) is 2.13. The second-order valence-electron chi connectivity index (χ2n) is 2.49. The molecule has 0 N–H and O–H groups in total. The molecule has 1 aromatic rings. The molecule has 0 spiro atoms. The van der Waals surface area contributed by atoms with E-state index in [1.54, 1.807) is 11.8 Å². The molecule has 0 fully saturated rings. The molecule has 0 aliphatic carbocycles. The molecule has 4 nitrogen and oxygen atoms in total. The first-order valence-corrected chi connectivity index (χ1v) is 5.28. The third-order valence-corrected chi connectivity index (χ3v) is 2.48. The van der Waals surface area contributed by atoms with Crippen molar-refractivity contribution in [2.24, 2.45) is 0 Å². The van der Waals surface area contributed by atoms with E-state index in [0.29, 0.717) is 11.7 Å². The van der Waals surface area contributed by atoms with Crippen LogP contribution in [-0.2, 0) is 12.2 Å². The van der Waals surface area contributed by atoms with Gasteiger partial charge in [-0.3, -0.25) is 0 Å². The SMILES string of the molecule is CCCSCc1noc(CC#N)n1. The van der Waals surface area contributed by atoms with Crippen molar-refractivity contribution in [1.82, 2.24) is 10.1 Å². The Hall–Kier alpha value is -1.02. The predicted octanol–water partition coefficient (Wildman–Crippen LogP) is 1.78. The van der Waals surface area contributed by atoms with Crippen molar-refractivity contribution in [1.29, 1.82) is 5.26 Å². The quantitative estimate of drug-likeness (QED) is 0.673. The molecule has 0 atom stereocenters. The van der Waals surface area contributed by atoms with E-state index in [-0.39, 0.29) is 6.42 Å². The van der Waals surface area contributed by atoms with Gasteiger partial charge in [0.05, 0.1) is 11.8 Å². The van der Waals surface area contributed by atoms with Crippen LogP contribution in [0, 0.1) is 11.3 Å². The first-order chi connectivity index (χ1) is 6.36. The first-order valence-electron chi connectivity index (χ1n) is 4.13. The highest BCUT2D eigenvalue weighted by molar-refractivity contribution is 7.98. The summed E-state index contributed by atoms with van der Waals surface area (Å²) in [5, 5.41) is 12.1. The maximum atomic E-state index is 8.36. The molecular formula is C8H11N3OS.